The summed E-state index contributed by atoms with van der Waals surface area (Å²) in [5.74, 6) is 0.0787. The molecule has 1 fully saturated rings. The number of ether oxygens (including phenoxy) is 1. The van der Waals surface area contributed by atoms with E-state index in [-0.39, 0.29) is 30.1 Å². The molecule has 3 heterocycles. The molecule has 0 bridgehead atoms. The van der Waals surface area contributed by atoms with E-state index in [4.69, 9.17) is 15.6 Å². The summed E-state index contributed by atoms with van der Waals surface area (Å²) in [6, 6.07) is 0. The maximum atomic E-state index is 11.6. The molecule has 2 aromatic rings. The molecule has 9 nitrogen and oxygen atoms in total. The van der Waals surface area contributed by atoms with Gasteiger partial charge in [0.05, 0.1) is 19.0 Å². The Morgan fingerprint density at radius 1 is 1.63 bits per heavy atom. The largest absolute Gasteiger partial charge is 0.394 e. The first-order valence-electron chi connectivity index (χ1n) is 5.77. The number of fused-ring (bicyclic) bond motifs is 1. The number of rotatable bonds is 2. The Morgan fingerprint density at radius 2 is 2.42 bits per heavy atom. The van der Waals surface area contributed by atoms with E-state index in [1.54, 1.807) is 0 Å². The molecule has 0 radical (unpaired) electrons. The normalized spacial score (nSPS) is 27.2. The summed E-state index contributed by atoms with van der Waals surface area (Å²) in [6.07, 6.45) is -0.587. The minimum atomic E-state index is -0.797. The smallest absolute Gasteiger partial charge is 0.278 e. The molecule has 0 amide bonds. The standard InChI is InChI=1S/C10H13N5O4/c11-10-14-7-8(12-3-13-9(7)18)15(10)6-1-4(17)5(2-16)19-6/h3-6,16-17H,1-2H2,(H2,11,14)(H,12,13,18)/t4-,5+,6+/m0/s1. The van der Waals surface area contributed by atoms with E-state index in [1.165, 1.54) is 10.9 Å². The van der Waals surface area contributed by atoms with E-state index >= 15 is 0 Å². The first-order chi connectivity index (χ1) is 9.11. The number of H-pyrrole nitrogens is 1. The molecule has 9 heteroatoms. The van der Waals surface area contributed by atoms with Crippen LogP contribution in [0.25, 0.3) is 11.2 Å². The molecule has 2 aromatic heterocycles. The Kier molecular flexibility index (Phi) is 2.73. The van der Waals surface area contributed by atoms with Gasteiger partial charge in [-0.3, -0.25) is 9.36 Å². The zero-order valence-electron chi connectivity index (χ0n) is 9.85. The summed E-state index contributed by atoms with van der Waals surface area (Å²) in [6.45, 7) is -0.293. The van der Waals surface area contributed by atoms with Gasteiger partial charge in [-0.2, -0.15) is 0 Å². The molecule has 3 atom stereocenters. The van der Waals surface area contributed by atoms with Gasteiger partial charge in [0.2, 0.25) is 5.95 Å². The molecule has 0 spiro atoms. The molecule has 1 aliphatic heterocycles. The summed E-state index contributed by atoms with van der Waals surface area (Å²) < 4.78 is 6.93. The zero-order valence-corrected chi connectivity index (χ0v) is 9.85. The van der Waals surface area contributed by atoms with Gasteiger partial charge in [-0.15, -0.1) is 0 Å². The summed E-state index contributed by atoms with van der Waals surface area (Å²) in [4.78, 5) is 22.0. The third-order valence-electron chi connectivity index (χ3n) is 3.18. The number of aliphatic hydroxyl groups is 2. The maximum Gasteiger partial charge on any atom is 0.278 e. The van der Waals surface area contributed by atoms with Crippen LogP contribution in [-0.4, -0.2) is 48.5 Å². The minimum Gasteiger partial charge on any atom is -0.394 e. The van der Waals surface area contributed by atoms with Crippen molar-refractivity contribution in [2.24, 2.45) is 0 Å². The Morgan fingerprint density at radius 3 is 3.11 bits per heavy atom. The number of imidazole rings is 1. The molecule has 0 aromatic carbocycles. The predicted octanol–water partition coefficient (Wildman–Crippen LogP) is -1.66. The van der Waals surface area contributed by atoms with Crippen LogP contribution in [0.1, 0.15) is 12.6 Å². The van der Waals surface area contributed by atoms with Crippen molar-refractivity contribution in [3.8, 4) is 0 Å². The van der Waals surface area contributed by atoms with Crippen molar-refractivity contribution in [3.05, 3.63) is 16.7 Å². The number of hydrogen-bond acceptors (Lipinski definition) is 7. The van der Waals surface area contributed by atoms with Crippen LogP contribution in [0.5, 0.6) is 0 Å². The fraction of sp³-hybridized carbons (Fsp3) is 0.500. The van der Waals surface area contributed by atoms with E-state index in [2.05, 4.69) is 15.0 Å². The van der Waals surface area contributed by atoms with Crippen molar-refractivity contribution < 1.29 is 14.9 Å². The maximum absolute atomic E-state index is 11.6. The van der Waals surface area contributed by atoms with Crippen molar-refractivity contribution in [1.29, 1.82) is 0 Å². The number of nitrogens with zero attached hydrogens (tertiary/aromatic N) is 3. The van der Waals surface area contributed by atoms with Crippen LogP contribution in [0.3, 0.4) is 0 Å². The lowest BCUT2D eigenvalue weighted by Gasteiger charge is -2.14. The number of nitrogens with two attached hydrogens (primary N) is 1. The molecule has 102 valence electrons. The van der Waals surface area contributed by atoms with Crippen LogP contribution in [0, 0.1) is 0 Å². The van der Waals surface area contributed by atoms with Crippen molar-refractivity contribution in [2.75, 3.05) is 12.3 Å². The molecule has 0 aliphatic carbocycles. The molecule has 3 rings (SSSR count). The molecule has 19 heavy (non-hydrogen) atoms. The lowest BCUT2D eigenvalue weighted by atomic mass is 10.2. The summed E-state index contributed by atoms with van der Waals surface area (Å²) in [5, 5.41) is 18.8. The highest BCUT2D eigenvalue weighted by atomic mass is 16.5. The Bertz CT molecular complexity index is 665. The van der Waals surface area contributed by atoms with Crippen LogP contribution < -0.4 is 11.3 Å². The predicted molar refractivity (Wildman–Crippen MR) is 64.2 cm³/mol. The monoisotopic (exact) mass is 267 g/mol. The number of aromatic nitrogens is 4. The second-order valence-electron chi connectivity index (χ2n) is 4.36. The van der Waals surface area contributed by atoms with Gasteiger partial charge in [0.25, 0.3) is 5.56 Å². The van der Waals surface area contributed by atoms with Gasteiger partial charge in [-0.25, -0.2) is 9.97 Å². The Hall–Kier alpha value is -1.97. The Labute approximate surface area is 106 Å². The second-order valence-corrected chi connectivity index (χ2v) is 4.36. The van der Waals surface area contributed by atoms with Gasteiger partial charge in [0.1, 0.15) is 12.3 Å². The quantitative estimate of drug-likeness (QED) is 0.510. The molecule has 1 saturated heterocycles. The number of anilines is 1. The molecule has 5 N–H and O–H groups in total. The highest BCUT2D eigenvalue weighted by Gasteiger charge is 2.36. The van der Waals surface area contributed by atoms with Gasteiger partial charge in [-0.1, -0.05) is 0 Å². The number of aromatic amines is 1. The van der Waals surface area contributed by atoms with Crippen molar-refractivity contribution in [3.63, 3.8) is 0 Å². The van der Waals surface area contributed by atoms with Gasteiger partial charge in [-0.05, 0) is 0 Å². The average Bonchev–Trinajstić information content (AvgIpc) is 2.90. The van der Waals surface area contributed by atoms with Crippen molar-refractivity contribution in [1.82, 2.24) is 19.5 Å². The first-order valence-corrected chi connectivity index (χ1v) is 5.77. The van der Waals surface area contributed by atoms with Crippen LogP contribution in [0.2, 0.25) is 0 Å². The zero-order chi connectivity index (χ0) is 13.6. The van der Waals surface area contributed by atoms with Gasteiger partial charge < -0.3 is 25.7 Å². The fourth-order valence-electron chi connectivity index (χ4n) is 2.26. The summed E-state index contributed by atoms with van der Waals surface area (Å²) in [7, 11) is 0. The number of nitrogen functional groups attached to an aromatic ring is 1. The van der Waals surface area contributed by atoms with E-state index in [0.717, 1.165) is 0 Å². The van der Waals surface area contributed by atoms with Crippen molar-refractivity contribution >= 4 is 17.1 Å². The highest BCUT2D eigenvalue weighted by Crippen LogP contribution is 2.32. The van der Waals surface area contributed by atoms with Crippen molar-refractivity contribution in [2.45, 2.75) is 24.9 Å². The van der Waals surface area contributed by atoms with Crippen LogP contribution in [0.15, 0.2) is 11.1 Å². The first kappa shape index (κ1) is 12.1. The molecule has 1 aliphatic rings. The van der Waals surface area contributed by atoms with Crippen LogP contribution >= 0.6 is 0 Å². The SMILES string of the molecule is Nc1nc2c(=O)[nH]cnc2n1[C@H]1C[C@H](O)[C@@H](CO)O1. The summed E-state index contributed by atoms with van der Waals surface area (Å²) in [5.41, 5.74) is 5.78. The lowest BCUT2D eigenvalue weighted by molar-refractivity contribution is -0.0425. The van der Waals surface area contributed by atoms with Crippen LogP contribution in [-0.2, 0) is 4.74 Å². The molecule has 0 unspecified atom stereocenters. The third kappa shape index (κ3) is 1.79. The molecular weight excluding hydrogens is 254 g/mol. The topological polar surface area (TPSA) is 139 Å². The van der Waals surface area contributed by atoms with Gasteiger partial charge in [0.15, 0.2) is 11.2 Å². The number of hydrogen-bond donors (Lipinski definition) is 4. The molecule has 0 saturated carbocycles. The summed E-state index contributed by atoms with van der Waals surface area (Å²) >= 11 is 0. The number of nitrogens with one attached hydrogen (secondary N) is 1. The number of aliphatic hydroxyl groups excluding tert-OH is 2. The fourth-order valence-corrected chi connectivity index (χ4v) is 2.26. The third-order valence-corrected chi connectivity index (χ3v) is 3.18. The minimum absolute atomic E-state index is 0.0787. The Balaban J connectivity index is 2.09. The van der Waals surface area contributed by atoms with E-state index in [0.29, 0.717) is 0 Å². The molecular formula is C10H13N5O4. The average molecular weight is 267 g/mol. The van der Waals surface area contributed by atoms with E-state index in [1.807, 2.05) is 0 Å². The highest BCUT2D eigenvalue weighted by molar-refractivity contribution is 5.72. The van der Waals surface area contributed by atoms with E-state index in [9.17, 15) is 9.90 Å². The second kappa shape index (κ2) is 4.30. The van der Waals surface area contributed by atoms with Gasteiger partial charge >= 0.3 is 0 Å². The van der Waals surface area contributed by atoms with Crippen LogP contribution in [0.4, 0.5) is 5.95 Å². The van der Waals surface area contributed by atoms with E-state index < -0.39 is 24.0 Å². The van der Waals surface area contributed by atoms with Gasteiger partial charge in [0, 0.05) is 6.42 Å². The lowest BCUT2D eigenvalue weighted by Crippen LogP contribution is -2.24.